The number of hydrogen-bond donors (Lipinski definition) is 0. The monoisotopic (exact) mass is 1080 g/mol. The quantitative estimate of drug-likeness (QED) is 0.0956. The van der Waals surface area contributed by atoms with Crippen LogP contribution in [0, 0.1) is 13.2 Å². The van der Waals surface area contributed by atoms with Crippen molar-refractivity contribution in [1.29, 1.82) is 0 Å². The molecule has 0 fully saturated rings. The van der Waals surface area contributed by atoms with Crippen molar-refractivity contribution < 1.29 is 44.9 Å². The van der Waals surface area contributed by atoms with Gasteiger partial charge < -0.3 is 4.74 Å². The van der Waals surface area contributed by atoms with Gasteiger partial charge in [0.2, 0.25) is 0 Å². The van der Waals surface area contributed by atoms with Crippen LogP contribution in [-0.4, -0.2) is 14.1 Å². The topological polar surface area (TPSA) is 35.9 Å². The number of nitrogens with zero attached hydrogens (tertiary/aromatic N) is 4. The average Bonchev–Trinajstić information content (AvgIpc) is 1.10. The molecule has 0 saturated heterocycles. The molecule has 11 aromatic carbocycles. The van der Waals surface area contributed by atoms with E-state index < -0.39 is 174 Å². The molecule has 82 heavy (non-hydrogen) atoms. The fourth-order valence-corrected chi connectivity index (χ4v) is 10.2. The van der Waals surface area contributed by atoms with Crippen LogP contribution in [0.5, 0.6) is 11.5 Å². The molecule has 0 radical (unpaired) electrons. The Balaban J connectivity index is 1.02. The lowest BCUT2D eigenvalue weighted by atomic mass is 9.86. The molecule has 0 atom stereocenters. The third-order valence-corrected chi connectivity index (χ3v) is 14.1. The number of aromatic nitrogens is 4. The van der Waals surface area contributed by atoms with Gasteiger partial charge in [-0.1, -0.05) is 220 Å². The summed E-state index contributed by atoms with van der Waals surface area (Å²) in [5, 5.41) is 1.44. The zero-order valence-corrected chi connectivity index (χ0v) is 44.0. The minimum atomic E-state index is -2.88. The predicted molar refractivity (Wildman–Crippen MR) is 338 cm³/mol. The molecule has 0 unspecified atom stereocenters. The van der Waals surface area contributed by atoms with Gasteiger partial charge in [-0.2, -0.15) is 0 Å². The standard InChI is InChI=1S/C77H58N4O/c1-52-43-75(78-50-70(52)57-27-15-8-16-28-57)81-71-34-18-17-31-68(71)69-41-40-65(49-73(69)81)82-64-30-19-29-63(48-64)79-51-80(72-42-37-58(47-74(72)79)55-35-38-62(39-36-55)77(2,3)4)76-66(56-25-13-7-14-26-56)32-20-33-67(76)61-45-59(53-21-9-5-10-22-53)44-60(46-61)54-23-11-6-12-24-54/h5-50H,1-4H3/i1D3,5D,6D,7D,8D,9D,10D,11D,12D,13D,14D,15D,16D,21D,22D,23D,24D,25D,26D,27D,28D,44D,45D,46D. The molecule has 0 aliphatic rings. The Kier molecular flexibility index (Phi) is 7.37. The highest BCUT2D eigenvalue weighted by molar-refractivity contribution is 6.09. The number of pyridine rings is 1. The Labute approximate surface area is 515 Å². The molecule has 0 bridgehead atoms. The third kappa shape index (κ3) is 9.32. The molecular formula is C77H58N4O. The highest BCUT2D eigenvalue weighted by Crippen LogP contribution is 2.41. The number of aryl methyl sites for hydroxylation is 1. The molecule has 3 heterocycles. The molecular weight excluding hydrogens is 997 g/mol. The van der Waals surface area contributed by atoms with Gasteiger partial charge in [0.25, 0.3) is 6.33 Å². The van der Waals surface area contributed by atoms with Gasteiger partial charge in [0.1, 0.15) is 17.3 Å². The maximum absolute atomic E-state index is 10.3. The summed E-state index contributed by atoms with van der Waals surface area (Å²) in [6, 6.07) is 20.3. The minimum Gasteiger partial charge on any atom is -0.458 e. The van der Waals surface area contributed by atoms with Crippen LogP contribution in [0.2, 0.25) is 0 Å². The van der Waals surface area contributed by atoms with Crippen molar-refractivity contribution in [3.63, 3.8) is 0 Å². The molecule has 0 N–H and O–H groups in total. The molecule has 14 aromatic rings. The molecule has 0 aliphatic heterocycles. The Morgan fingerprint density at radius 2 is 1.06 bits per heavy atom. The van der Waals surface area contributed by atoms with E-state index in [9.17, 15) is 12.3 Å². The summed E-state index contributed by atoms with van der Waals surface area (Å²) < 4.78 is 245. The summed E-state index contributed by atoms with van der Waals surface area (Å²) in [7, 11) is 0. The Hall–Kier alpha value is -10.4. The molecule has 0 aliphatic carbocycles. The smallest absolute Gasteiger partial charge is 0.269 e. The molecule has 0 amide bonds. The maximum Gasteiger partial charge on any atom is 0.269 e. The van der Waals surface area contributed by atoms with E-state index in [2.05, 4.69) is 27.1 Å². The van der Waals surface area contributed by atoms with E-state index in [4.69, 9.17) is 33.0 Å². The van der Waals surface area contributed by atoms with Gasteiger partial charge in [-0.15, -0.1) is 0 Å². The van der Waals surface area contributed by atoms with Gasteiger partial charge >= 0.3 is 0 Å². The normalized spacial score (nSPS) is 16.3. The average molecular weight is 1080 g/mol. The van der Waals surface area contributed by atoms with Crippen LogP contribution < -0.4 is 9.30 Å². The first-order valence-corrected chi connectivity index (χ1v) is 26.0. The van der Waals surface area contributed by atoms with Crippen LogP contribution in [0.1, 0.15) is 67.5 Å². The van der Waals surface area contributed by atoms with Gasteiger partial charge in [0.05, 0.1) is 65.0 Å². The van der Waals surface area contributed by atoms with Crippen molar-refractivity contribution in [2.45, 2.75) is 33.0 Å². The highest BCUT2D eigenvalue weighted by Gasteiger charge is 2.23. The number of benzene rings is 11. The lowest BCUT2D eigenvalue weighted by Crippen LogP contribution is -2.31. The van der Waals surface area contributed by atoms with Crippen molar-refractivity contribution in [2.75, 3.05) is 0 Å². The second-order valence-corrected chi connectivity index (χ2v) is 20.2. The summed E-state index contributed by atoms with van der Waals surface area (Å²) in [6.07, 6.45) is 4.64. The number of ether oxygens (including phenoxy) is 1. The zero-order chi connectivity index (χ0) is 77.8. The Morgan fingerprint density at radius 1 is 0.476 bits per heavy atom. The maximum atomic E-state index is 10.3. The lowest BCUT2D eigenvalue weighted by Gasteiger charge is -2.19. The van der Waals surface area contributed by atoms with Gasteiger partial charge in [0.15, 0.2) is 0 Å². The SMILES string of the molecule is [2H]c1c([2H])c([2H])c(-c2cnc(-n3c4ccccc4c4ccc(Oc5cccc(-n6[c-][n+](-c7c(-c8c([2H])c([2H])c([2H])c([2H])c8[2H])cccc7-c7c([2H])c(-c8c([2H])c([2H])c([2H])c([2H])c8[2H])c([2H])c(-c8c([2H])c([2H])c([2H])c([2H])c8[2H])c7[2H])c7ccc(-c8ccc(C(C)(C)C)cc8)cc76)c5)cc43)cc2C([2H])([2H])[2H])c([2H])c1[2H]. The van der Waals surface area contributed by atoms with Crippen molar-refractivity contribution in [2.24, 2.45) is 0 Å². The molecule has 5 nitrogen and oxygen atoms in total. The molecule has 3 aromatic heterocycles. The van der Waals surface area contributed by atoms with Crippen LogP contribution in [-0.2, 0) is 5.41 Å². The van der Waals surface area contributed by atoms with Crippen molar-refractivity contribution in [3.05, 3.63) is 296 Å². The predicted octanol–water partition coefficient (Wildman–Crippen LogP) is 19.6. The minimum absolute atomic E-state index is 0.113. The number of rotatable bonds is 11. The molecule has 14 rings (SSSR count). The van der Waals surface area contributed by atoms with E-state index in [0.717, 1.165) is 16.5 Å². The van der Waals surface area contributed by atoms with Gasteiger partial charge in [0, 0.05) is 32.7 Å². The van der Waals surface area contributed by atoms with Gasteiger partial charge in [-0.05, 0) is 151 Å². The fraction of sp³-hybridized carbons (Fsp3) is 0.0649. The van der Waals surface area contributed by atoms with Gasteiger partial charge in [-0.3, -0.25) is 13.7 Å². The van der Waals surface area contributed by atoms with E-state index in [1.807, 2.05) is 60.7 Å². The summed E-state index contributed by atoms with van der Waals surface area (Å²) in [4.78, 5) is 4.72. The fourth-order valence-electron chi connectivity index (χ4n) is 10.2. The van der Waals surface area contributed by atoms with E-state index in [0.29, 0.717) is 33.2 Å². The molecule has 0 saturated carbocycles. The van der Waals surface area contributed by atoms with Crippen molar-refractivity contribution >= 4 is 32.8 Å². The second-order valence-electron chi connectivity index (χ2n) is 20.2. The first-order valence-electron chi connectivity index (χ1n) is 39.0. The van der Waals surface area contributed by atoms with Crippen LogP contribution in [0.3, 0.4) is 0 Å². The molecule has 392 valence electrons. The zero-order valence-electron chi connectivity index (χ0n) is 70.0. The number of para-hydroxylation sites is 2. The largest absolute Gasteiger partial charge is 0.458 e. The summed E-state index contributed by atoms with van der Waals surface area (Å²) >= 11 is 0. The van der Waals surface area contributed by atoms with Crippen LogP contribution in [0.4, 0.5) is 0 Å². The first-order chi connectivity index (χ1) is 51.0. The third-order valence-electron chi connectivity index (χ3n) is 14.1. The lowest BCUT2D eigenvalue weighted by molar-refractivity contribution is -0.571. The summed E-state index contributed by atoms with van der Waals surface area (Å²) in [6.45, 7) is 3.37. The molecule has 5 heteroatoms. The highest BCUT2D eigenvalue weighted by atomic mass is 16.5. The number of imidazole rings is 1. The van der Waals surface area contributed by atoms with Crippen LogP contribution >= 0.6 is 0 Å². The van der Waals surface area contributed by atoms with Gasteiger partial charge in [-0.25, -0.2) is 4.98 Å². The molecule has 0 spiro atoms. The van der Waals surface area contributed by atoms with Crippen molar-refractivity contribution in [3.8, 4) is 95.5 Å². The number of hydrogen-bond acceptors (Lipinski definition) is 2. The van der Waals surface area contributed by atoms with E-state index in [1.165, 1.54) is 35.0 Å². The Bertz CT molecular complexity index is 6020. The number of fused-ring (bicyclic) bond motifs is 4. The van der Waals surface area contributed by atoms with E-state index in [-0.39, 0.29) is 67.3 Å². The van der Waals surface area contributed by atoms with Crippen molar-refractivity contribution in [1.82, 2.24) is 14.1 Å². The van der Waals surface area contributed by atoms with E-state index >= 15 is 0 Å². The summed E-state index contributed by atoms with van der Waals surface area (Å²) in [5.74, 6) is 0.624. The first kappa shape index (κ1) is 29.2. The van der Waals surface area contributed by atoms with Crippen LogP contribution in [0.15, 0.2) is 279 Å². The summed E-state index contributed by atoms with van der Waals surface area (Å²) in [5.41, 5.74) is -0.668. The second kappa shape index (κ2) is 20.7. The Morgan fingerprint density at radius 3 is 1.73 bits per heavy atom. The van der Waals surface area contributed by atoms with Crippen LogP contribution in [0.25, 0.3) is 117 Å². The van der Waals surface area contributed by atoms with E-state index in [1.54, 1.807) is 57.7 Å².